The van der Waals surface area contributed by atoms with E-state index in [1.54, 1.807) is 0 Å². The first-order chi connectivity index (χ1) is 8.51. The average Bonchev–Trinajstić information content (AvgIpc) is 2.35. The summed E-state index contributed by atoms with van der Waals surface area (Å²) in [6.45, 7) is 12.8. The molecule has 18 heavy (non-hydrogen) atoms. The molecule has 0 aliphatic rings. The van der Waals surface area contributed by atoms with Crippen LogP contribution in [0.2, 0.25) is 0 Å². The second-order valence-electron chi connectivity index (χ2n) is 5.50. The normalized spacial score (nSPS) is 13.6. The van der Waals surface area contributed by atoms with E-state index in [9.17, 15) is 0 Å². The summed E-state index contributed by atoms with van der Waals surface area (Å²) < 4.78 is 0. The fourth-order valence-electron chi connectivity index (χ4n) is 2.51. The highest BCUT2D eigenvalue weighted by Crippen LogP contribution is 2.24. The molecule has 0 bridgehead atoms. The molecule has 0 aliphatic carbocycles. The summed E-state index contributed by atoms with van der Waals surface area (Å²) >= 11 is 0. The van der Waals surface area contributed by atoms with Gasteiger partial charge in [0.15, 0.2) is 0 Å². The van der Waals surface area contributed by atoms with Gasteiger partial charge in [-0.15, -0.1) is 0 Å². The second-order valence-corrected chi connectivity index (χ2v) is 5.50. The number of nitrogens with two attached hydrogens (primary N) is 1. The average molecular weight is 248 g/mol. The molecule has 1 aromatic carbocycles. The number of hydrogen-bond acceptors (Lipinski definition) is 2. The Balaban J connectivity index is 2.94. The molecule has 2 N–H and O–H groups in total. The first-order valence-electron chi connectivity index (χ1n) is 7.06. The zero-order valence-corrected chi connectivity index (χ0v) is 12.5. The van der Waals surface area contributed by atoms with Crippen molar-refractivity contribution in [3.05, 3.63) is 35.4 Å². The Labute approximate surface area is 112 Å². The van der Waals surface area contributed by atoms with E-state index in [2.05, 4.69) is 63.8 Å². The van der Waals surface area contributed by atoms with Gasteiger partial charge in [0, 0.05) is 18.6 Å². The molecule has 0 aliphatic heterocycles. The molecule has 1 atom stereocenters. The lowest BCUT2D eigenvalue weighted by Gasteiger charge is -2.33. The van der Waals surface area contributed by atoms with Crippen LogP contribution in [0.5, 0.6) is 0 Å². The lowest BCUT2D eigenvalue weighted by molar-refractivity contribution is 0.166. The van der Waals surface area contributed by atoms with Crippen LogP contribution in [0.3, 0.4) is 0 Å². The Morgan fingerprint density at radius 1 is 1.00 bits per heavy atom. The third-order valence-corrected chi connectivity index (χ3v) is 3.64. The van der Waals surface area contributed by atoms with Gasteiger partial charge in [0.05, 0.1) is 0 Å². The molecule has 0 saturated carbocycles. The minimum Gasteiger partial charge on any atom is -0.329 e. The Morgan fingerprint density at radius 3 is 1.83 bits per heavy atom. The monoisotopic (exact) mass is 248 g/mol. The molecule has 0 fully saturated rings. The maximum absolute atomic E-state index is 5.98. The number of nitrogens with zero attached hydrogens (tertiary/aromatic N) is 1. The van der Waals surface area contributed by atoms with Gasteiger partial charge in [-0.1, -0.05) is 45.0 Å². The topological polar surface area (TPSA) is 29.3 Å². The molecule has 1 unspecified atom stereocenters. The highest BCUT2D eigenvalue weighted by atomic mass is 15.2. The van der Waals surface area contributed by atoms with Crippen molar-refractivity contribution in [3.63, 3.8) is 0 Å². The highest BCUT2D eigenvalue weighted by Gasteiger charge is 2.19. The Hall–Kier alpha value is -0.860. The number of benzene rings is 1. The summed E-state index contributed by atoms with van der Waals surface area (Å²) in [5.74, 6) is 0.586. The van der Waals surface area contributed by atoms with Crippen molar-refractivity contribution >= 4 is 0 Å². The maximum Gasteiger partial charge on any atom is 0.0473 e. The summed E-state index contributed by atoms with van der Waals surface area (Å²) in [7, 11) is 0. The van der Waals surface area contributed by atoms with Crippen LogP contribution in [0, 0.1) is 0 Å². The maximum atomic E-state index is 5.98. The fourth-order valence-corrected chi connectivity index (χ4v) is 2.51. The number of rotatable bonds is 6. The van der Waals surface area contributed by atoms with Gasteiger partial charge in [-0.05, 0) is 37.4 Å². The molecule has 102 valence electrons. The predicted molar refractivity (Wildman–Crippen MR) is 79.8 cm³/mol. The molecule has 0 aromatic heterocycles. The van der Waals surface area contributed by atoms with E-state index in [-0.39, 0.29) is 0 Å². The van der Waals surface area contributed by atoms with E-state index < -0.39 is 0 Å². The molecule has 1 rings (SSSR count). The van der Waals surface area contributed by atoms with Crippen LogP contribution in [-0.4, -0.2) is 24.0 Å². The zero-order chi connectivity index (χ0) is 13.7. The summed E-state index contributed by atoms with van der Waals surface area (Å²) in [5, 5.41) is 0. The van der Waals surface area contributed by atoms with E-state index >= 15 is 0 Å². The third kappa shape index (κ3) is 3.56. The zero-order valence-electron chi connectivity index (χ0n) is 12.5. The minimum atomic E-state index is 0.330. The number of likely N-dealkylation sites (N-methyl/N-ethyl adjacent to an activating group) is 1. The van der Waals surface area contributed by atoms with Gasteiger partial charge in [-0.25, -0.2) is 0 Å². The quantitative estimate of drug-likeness (QED) is 0.834. The van der Waals surface area contributed by atoms with Crippen LogP contribution in [-0.2, 0) is 0 Å². The Kier molecular flexibility index (Phi) is 5.83. The van der Waals surface area contributed by atoms with Gasteiger partial charge in [0.1, 0.15) is 0 Å². The SMILES string of the molecule is CCN(C(C)C)C(CN)c1ccc(C(C)C)cc1. The molecule has 0 heterocycles. The Bertz CT molecular complexity index is 341. The van der Waals surface area contributed by atoms with E-state index in [0.717, 1.165) is 6.54 Å². The van der Waals surface area contributed by atoms with Gasteiger partial charge in [0.25, 0.3) is 0 Å². The summed E-state index contributed by atoms with van der Waals surface area (Å²) in [6, 6.07) is 9.79. The summed E-state index contributed by atoms with van der Waals surface area (Å²) in [6.07, 6.45) is 0. The van der Waals surface area contributed by atoms with Crippen LogP contribution in [0.4, 0.5) is 0 Å². The second kappa shape index (κ2) is 6.91. The largest absolute Gasteiger partial charge is 0.329 e. The van der Waals surface area contributed by atoms with E-state index in [1.165, 1.54) is 11.1 Å². The van der Waals surface area contributed by atoms with Crippen molar-refractivity contribution in [1.29, 1.82) is 0 Å². The lowest BCUT2D eigenvalue weighted by atomic mass is 9.98. The molecule has 1 aromatic rings. The molecule has 0 radical (unpaired) electrons. The lowest BCUT2D eigenvalue weighted by Crippen LogP contribution is -2.38. The van der Waals surface area contributed by atoms with Crippen molar-refractivity contribution < 1.29 is 0 Å². The van der Waals surface area contributed by atoms with Crippen LogP contribution in [0.1, 0.15) is 57.7 Å². The van der Waals surface area contributed by atoms with Crippen molar-refractivity contribution in [2.75, 3.05) is 13.1 Å². The van der Waals surface area contributed by atoms with E-state index in [0.29, 0.717) is 24.5 Å². The first-order valence-corrected chi connectivity index (χ1v) is 7.06. The van der Waals surface area contributed by atoms with Gasteiger partial charge in [0.2, 0.25) is 0 Å². The van der Waals surface area contributed by atoms with Crippen molar-refractivity contribution in [1.82, 2.24) is 4.90 Å². The predicted octanol–water partition coefficient (Wildman–Crippen LogP) is 3.54. The van der Waals surface area contributed by atoms with Crippen molar-refractivity contribution in [3.8, 4) is 0 Å². The van der Waals surface area contributed by atoms with Crippen molar-refractivity contribution in [2.45, 2.75) is 52.6 Å². The number of hydrogen-bond donors (Lipinski definition) is 1. The van der Waals surface area contributed by atoms with Crippen LogP contribution >= 0.6 is 0 Å². The van der Waals surface area contributed by atoms with E-state index in [1.807, 2.05) is 0 Å². The molecular formula is C16H28N2. The van der Waals surface area contributed by atoms with Gasteiger partial charge >= 0.3 is 0 Å². The molecule has 2 heteroatoms. The van der Waals surface area contributed by atoms with Crippen LogP contribution < -0.4 is 5.73 Å². The summed E-state index contributed by atoms with van der Waals surface area (Å²) in [5.41, 5.74) is 8.70. The molecule has 0 saturated heterocycles. The molecular weight excluding hydrogens is 220 g/mol. The van der Waals surface area contributed by atoms with Crippen LogP contribution in [0.15, 0.2) is 24.3 Å². The molecule has 0 spiro atoms. The van der Waals surface area contributed by atoms with Crippen LogP contribution in [0.25, 0.3) is 0 Å². The highest BCUT2D eigenvalue weighted by molar-refractivity contribution is 5.27. The minimum absolute atomic E-state index is 0.330. The first kappa shape index (κ1) is 15.2. The van der Waals surface area contributed by atoms with Gasteiger partial charge < -0.3 is 5.73 Å². The smallest absolute Gasteiger partial charge is 0.0473 e. The molecule has 0 amide bonds. The third-order valence-electron chi connectivity index (χ3n) is 3.64. The van der Waals surface area contributed by atoms with E-state index in [4.69, 9.17) is 5.73 Å². The standard InChI is InChI=1S/C16H28N2/c1-6-18(13(4)5)16(11-17)15-9-7-14(8-10-15)12(2)3/h7-10,12-13,16H,6,11,17H2,1-5H3. The summed E-state index contributed by atoms with van der Waals surface area (Å²) in [4.78, 5) is 2.45. The Morgan fingerprint density at radius 2 is 1.50 bits per heavy atom. The molecule has 2 nitrogen and oxygen atoms in total. The fraction of sp³-hybridized carbons (Fsp3) is 0.625. The van der Waals surface area contributed by atoms with Gasteiger partial charge in [-0.3, -0.25) is 4.90 Å². The van der Waals surface area contributed by atoms with Crippen molar-refractivity contribution in [2.24, 2.45) is 5.73 Å². The van der Waals surface area contributed by atoms with Gasteiger partial charge in [-0.2, -0.15) is 0 Å².